The number of hydrogen-bond donors (Lipinski definition) is 2. The molecule has 0 amide bonds. The van der Waals surface area contributed by atoms with E-state index in [0.717, 1.165) is 16.9 Å². The molecular formula is C21H15FN2O2. The first kappa shape index (κ1) is 15.9. The van der Waals surface area contributed by atoms with Crippen LogP contribution in [0, 0.1) is 5.82 Å². The van der Waals surface area contributed by atoms with Crippen LogP contribution in [0.1, 0.15) is 0 Å². The van der Waals surface area contributed by atoms with Gasteiger partial charge in [-0.3, -0.25) is 0 Å². The Kier molecular flexibility index (Phi) is 3.89. The molecule has 1 aromatic heterocycles. The molecule has 0 radical (unpaired) electrons. The fourth-order valence-corrected chi connectivity index (χ4v) is 2.80. The van der Waals surface area contributed by atoms with Crippen molar-refractivity contribution < 1.29 is 14.6 Å². The van der Waals surface area contributed by atoms with Crippen LogP contribution in [0.15, 0.2) is 78.9 Å². The predicted molar refractivity (Wildman–Crippen MR) is 97.7 cm³/mol. The maximum Gasteiger partial charge on any atom is 0.158 e. The average molecular weight is 346 g/mol. The van der Waals surface area contributed by atoms with Gasteiger partial charge in [-0.15, -0.1) is 0 Å². The Morgan fingerprint density at radius 3 is 2.12 bits per heavy atom. The van der Waals surface area contributed by atoms with E-state index >= 15 is 0 Å². The van der Waals surface area contributed by atoms with Crippen molar-refractivity contribution in [3.63, 3.8) is 0 Å². The number of phenolic OH excluding ortho intramolecular Hbond substituents is 2. The first-order valence-electron chi connectivity index (χ1n) is 8.05. The molecule has 128 valence electrons. The minimum atomic E-state index is -0.306. The van der Waals surface area contributed by atoms with Crippen LogP contribution >= 0.6 is 0 Å². The molecule has 0 bridgehead atoms. The average Bonchev–Trinajstić information content (AvgIpc) is 3.11. The van der Waals surface area contributed by atoms with Crippen molar-refractivity contribution in [3.05, 3.63) is 84.7 Å². The van der Waals surface area contributed by atoms with Crippen LogP contribution < -0.4 is 0 Å². The molecule has 4 aromatic rings. The predicted octanol–water partition coefficient (Wildman–Crippen LogP) is 4.76. The van der Waals surface area contributed by atoms with E-state index in [0.29, 0.717) is 11.3 Å². The normalized spacial score (nSPS) is 10.8. The Morgan fingerprint density at radius 1 is 0.731 bits per heavy atom. The largest absolute Gasteiger partial charge is 0.504 e. The number of benzene rings is 3. The highest BCUT2D eigenvalue weighted by Gasteiger charge is 2.14. The van der Waals surface area contributed by atoms with Crippen LogP contribution in [0.25, 0.3) is 28.2 Å². The molecule has 0 aliphatic heterocycles. The highest BCUT2D eigenvalue weighted by molar-refractivity contribution is 5.72. The second kappa shape index (κ2) is 6.37. The Hall–Kier alpha value is -3.60. The van der Waals surface area contributed by atoms with Crippen molar-refractivity contribution in [1.82, 2.24) is 9.78 Å². The van der Waals surface area contributed by atoms with Crippen molar-refractivity contribution in [1.29, 1.82) is 0 Å². The van der Waals surface area contributed by atoms with Crippen molar-refractivity contribution in [2.45, 2.75) is 0 Å². The minimum Gasteiger partial charge on any atom is -0.504 e. The van der Waals surface area contributed by atoms with Crippen molar-refractivity contribution in [2.75, 3.05) is 0 Å². The van der Waals surface area contributed by atoms with E-state index in [4.69, 9.17) is 0 Å². The third-order valence-electron chi connectivity index (χ3n) is 4.12. The molecule has 3 aromatic carbocycles. The number of hydrogen-bond acceptors (Lipinski definition) is 3. The molecule has 4 rings (SSSR count). The van der Waals surface area contributed by atoms with E-state index < -0.39 is 0 Å². The van der Waals surface area contributed by atoms with Crippen molar-refractivity contribution in [2.24, 2.45) is 0 Å². The molecule has 0 saturated heterocycles. The molecule has 26 heavy (non-hydrogen) atoms. The molecule has 2 N–H and O–H groups in total. The molecule has 4 nitrogen and oxygen atoms in total. The zero-order chi connectivity index (χ0) is 18.1. The maximum atomic E-state index is 13.2. The monoisotopic (exact) mass is 346 g/mol. The number of rotatable bonds is 3. The third kappa shape index (κ3) is 2.91. The summed E-state index contributed by atoms with van der Waals surface area (Å²) in [4.78, 5) is 0. The van der Waals surface area contributed by atoms with Crippen LogP contribution in [0.3, 0.4) is 0 Å². The zero-order valence-corrected chi connectivity index (χ0v) is 13.7. The van der Waals surface area contributed by atoms with Gasteiger partial charge in [-0.2, -0.15) is 5.10 Å². The van der Waals surface area contributed by atoms with E-state index in [1.807, 2.05) is 36.4 Å². The lowest BCUT2D eigenvalue weighted by Gasteiger charge is -2.08. The number of phenols is 2. The Balaban J connectivity index is 1.90. The Bertz CT molecular complexity index is 1060. The zero-order valence-electron chi connectivity index (χ0n) is 13.7. The molecule has 0 aliphatic rings. The summed E-state index contributed by atoms with van der Waals surface area (Å²) in [5, 5.41) is 24.1. The second-order valence-electron chi connectivity index (χ2n) is 5.87. The van der Waals surface area contributed by atoms with Gasteiger partial charge in [0.1, 0.15) is 5.82 Å². The van der Waals surface area contributed by atoms with Crippen molar-refractivity contribution in [3.8, 4) is 39.7 Å². The molecule has 0 unspecified atom stereocenters. The van der Waals surface area contributed by atoms with Crippen LogP contribution in [-0.2, 0) is 0 Å². The second-order valence-corrected chi connectivity index (χ2v) is 5.87. The minimum absolute atomic E-state index is 0.182. The molecule has 0 saturated carbocycles. The van der Waals surface area contributed by atoms with Gasteiger partial charge < -0.3 is 10.2 Å². The maximum absolute atomic E-state index is 13.2. The van der Waals surface area contributed by atoms with Crippen LogP contribution in [-0.4, -0.2) is 20.0 Å². The summed E-state index contributed by atoms with van der Waals surface area (Å²) in [5.41, 5.74) is 3.75. The number of aromatic nitrogens is 2. The van der Waals surface area contributed by atoms with E-state index in [9.17, 15) is 14.6 Å². The van der Waals surface area contributed by atoms with Gasteiger partial charge in [-0.05, 0) is 60.7 Å². The van der Waals surface area contributed by atoms with E-state index in [2.05, 4.69) is 5.10 Å². The standard InChI is InChI=1S/C21H15FN2O2/c22-16-9-6-14(7-10-16)18-13-19(15-8-11-20(25)21(26)12-15)24(23-18)17-4-2-1-3-5-17/h1-13,25-26H. The lowest BCUT2D eigenvalue weighted by Crippen LogP contribution is -1.98. The highest BCUT2D eigenvalue weighted by Crippen LogP contribution is 2.33. The van der Waals surface area contributed by atoms with Crippen LogP contribution in [0.2, 0.25) is 0 Å². The van der Waals surface area contributed by atoms with Crippen molar-refractivity contribution >= 4 is 0 Å². The van der Waals surface area contributed by atoms with Gasteiger partial charge >= 0.3 is 0 Å². The Labute approximate surface area is 149 Å². The third-order valence-corrected chi connectivity index (χ3v) is 4.12. The fourth-order valence-electron chi connectivity index (χ4n) is 2.80. The van der Waals surface area contributed by atoms with Crippen LogP contribution in [0.4, 0.5) is 4.39 Å². The summed E-state index contributed by atoms with van der Waals surface area (Å²) in [6.07, 6.45) is 0. The number of nitrogens with zero attached hydrogens (tertiary/aromatic N) is 2. The van der Waals surface area contributed by atoms with Gasteiger partial charge in [-0.1, -0.05) is 18.2 Å². The summed E-state index contributed by atoms with van der Waals surface area (Å²) in [6.45, 7) is 0. The molecule has 5 heteroatoms. The molecule has 0 atom stereocenters. The van der Waals surface area contributed by atoms with Gasteiger partial charge in [0.25, 0.3) is 0 Å². The van der Waals surface area contributed by atoms with E-state index in [1.165, 1.54) is 24.3 Å². The summed E-state index contributed by atoms with van der Waals surface area (Å²) in [5.74, 6) is -0.690. The summed E-state index contributed by atoms with van der Waals surface area (Å²) in [7, 11) is 0. The lowest BCUT2D eigenvalue weighted by molar-refractivity contribution is 0.404. The number of halogens is 1. The summed E-state index contributed by atoms with van der Waals surface area (Å²) in [6, 6.07) is 22.2. The van der Waals surface area contributed by atoms with Gasteiger partial charge in [0, 0.05) is 11.1 Å². The first-order chi connectivity index (χ1) is 12.6. The summed E-state index contributed by atoms with van der Waals surface area (Å²) < 4.78 is 15.0. The van der Waals surface area contributed by atoms with Gasteiger partial charge in [0.05, 0.1) is 17.1 Å². The lowest BCUT2D eigenvalue weighted by atomic mass is 10.1. The Morgan fingerprint density at radius 2 is 1.42 bits per heavy atom. The summed E-state index contributed by atoms with van der Waals surface area (Å²) >= 11 is 0. The first-order valence-corrected chi connectivity index (χ1v) is 8.05. The molecule has 0 fully saturated rings. The smallest absolute Gasteiger partial charge is 0.158 e. The topological polar surface area (TPSA) is 58.3 Å². The van der Waals surface area contributed by atoms with Gasteiger partial charge in [-0.25, -0.2) is 9.07 Å². The quantitative estimate of drug-likeness (QED) is 0.526. The number of para-hydroxylation sites is 1. The van der Waals surface area contributed by atoms with Gasteiger partial charge in [0.15, 0.2) is 11.5 Å². The van der Waals surface area contributed by atoms with E-state index in [-0.39, 0.29) is 17.3 Å². The fraction of sp³-hybridized carbons (Fsp3) is 0. The SMILES string of the molecule is Oc1ccc(-c2cc(-c3ccc(F)cc3)nn2-c2ccccc2)cc1O. The molecular weight excluding hydrogens is 331 g/mol. The molecule has 1 heterocycles. The number of aromatic hydroxyl groups is 2. The van der Waals surface area contributed by atoms with Gasteiger partial charge in [0.2, 0.25) is 0 Å². The molecule has 0 aliphatic carbocycles. The molecule has 0 spiro atoms. The van der Waals surface area contributed by atoms with Crippen LogP contribution in [0.5, 0.6) is 11.5 Å². The highest BCUT2D eigenvalue weighted by atomic mass is 19.1. The van der Waals surface area contributed by atoms with E-state index in [1.54, 1.807) is 22.9 Å².